The lowest BCUT2D eigenvalue weighted by molar-refractivity contribution is -0.287. The summed E-state index contributed by atoms with van der Waals surface area (Å²) >= 11 is 0. The highest BCUT2D eigenvalue weighted by atomic mass is 16.7. The Bertz CT molecular complexity index is 1000. The Labute approximate surface area is 223 Å². The van der Waals surface area contributed by atoms with Gasteiger partial charge in [-0.2, -0.15) is 0 Å². The number of aldehydes is 1. The molecule has 2 heterocycles. The van der Waals surface area contributed by atoms with Gasteiger partial charge in [0.15, 0.2) is 6.29 Å². The lowest BCUT2D eigenvalue weighted by Crippen LogP contribution is -2.69. The minimum absolute atomic E-state index is 0.131. The first-order chi connectivity index (χ1) is 17.9. The van der Waals surface area contributed by atoms with Gasteiger partial charge in [0.1, 0.15) is 19.0 Å². The Morgan fingerprint density at radius 3 is 2.50 bits per heavy atom. The molecule has 9 heteroatoms. The summed E-state index contributed by atoms with van der Waals surface area (Å²) in [6.45, 7) is 4.08. The van der Waals surface area contributed by atoms with Crippen LogP contribution in [0.1, 0.15) is 78.1 Å². The average Bonchev–Trinajstić information content (AvgIpc) is 3.11. The van der Waals surface area contributed by atoms with Crippen molar-refractivity contribution in [3.8, 4) is 0 Å². The number of hydrogen-bond donors (Lipinski definition) is 4. The minimum atomic E-state index is -1.25. The van der Waals surface area contributed by atoms with E-state index in [4.69, 9.17) is 14.2 Å². The number of fused-ring (bicyclic) bond motifs is 6. The van der Waals surface area contributed by atoms with Gasteiger partial charge in [-0.05, 0) is 70.1 Å². The second-order valence-electron chi connectivity index (χ2n) is 13.4. The highest BCUT2D eigenvalue weighted by molar-refractivity contribution is 5.83. The van der Waals surface area contributed by atoms with Crippen molar-refractivity contribution in [1.29, 1.82) is 0 Å². The molecule has 0 radical (unpaired) electrons. The van der Waals surface area contributed by atoms with E-state index >= 15 is 0 Å². The van der Waals surface area contributed by atoms with E-state index in [-0.39, 0.29) is 36.9 Å². The SMILES string of the molecule is CC1OC(OC2CCC3(C=O)C4CCC5(C)C6(C=CC(=O)OC6)CCC5(O)C4CCC3(O)C2)CC(O)C1O. The largest absolute Gasteiger partial charge is 0.462 e. The van der Waals surface area contributed by atoms with E-state index in [0.717, 1.165) is 12.7 Å². The van der Waals surface area contributed by atoms with Gasteiger partial charge in [-0.25, -0.2) is 4.79 Å². The van der Waals surface area contributed by atoms with Gasteiger partial charge >= 0.3 is 5.97 Å². The maximum absolute atomic E-state index is 13.0. The van der Waals surface area contributed by atoms with Gasteiger partial charge in [0.25, 0.3) is 0 Å². The molecule has 2 aliphatic heterocycles. The van der Waals surface area contributed by atoms with Crippen molar-refractivity contribution >= 4 is 12.3 Å². The monoisotopic (exact) mass is 534 g/mol. The van der Waals surface area contributed by atoms with Gasteiger partial charge in [0.05, 0.1) is 34.9 Å². The third kappa shape index (κ3) is 3.45. The second kappa shape index (κ2) is 8.82. The molecule has 6 rings (SSSR count). The molecule has 1 saturated heterocycles. The van der Waals surface area contributed by atoms with E-state index in [9.17, 15) is 30.0 Å². The number of ether oxygens (including phenoxy) is 3. The van der Waals surface area contributed by atoms with Crippen LogP contribution in [-0.2, 0) is 23.8 Å². The Hall–Kier alpha value is -1.36. The van der Waals surface area contributed by atoms with E-state index in [1.807, 2.05) is 6.08 Å². The van der Waals surface area contributed by atoms with Crippen molar-refractivity contribution in [2.45, 2.75) is 120 Å². The van der Waals surface area contributed by atoms with E-state index in [1.54, 1.807) is 6.92 Å². The van der Waals surface area contributed by atoms with Crippen molar-refractivity contribution in [1.82, 2.24) is 0 Å². The van der Waals surface area contributed by atoms with Crippen LogP contribution < -0.4 is 0 Å². The number of rotatable bonds is 3. The predicted molar refractivity (Wildman–Crippen MR) is 133 cm³/mol. The molecule has 12 atom stereocenters. The highest BCUT2D eigenvalue weighted by Gasteiger charge is 2.74. The van der Waals surface area contributed by atoms with Crippen LogP contribution in [0.15, 0.2) is 12.2 Å². The Kier molecular flexibility index (Phi) is 6.23. The number of esters is 1. The molecule has 4 N–H and O–H groups in total. The molecule has 5 fully saturated rings. The van der Waals surface area contributed by atoms with Crippen LogP contribution in [-0.4, -0.2) is 81.2 Å². The molecule has 0 aromatic heterocycles. The molecular weight excluding hydrogens is 492 g/mol. The molecule has 1 spiro atoms. The number of carbonyl (C=O) groups is 2. The van der Waals surface area contributed by atoms with E-state index < -0.39 is 52.0 Å². The third-order valence-electron chi connectivity index (χ3n) is 12.1. The van der Waals surface area contributed by atoms with Crippen LogP contribution in [0.25, 0.3) is 0 Å². The molecule has 9 nitrogen and oxygen atoms in total. The maximum Gasteiger partial charge on any atom is 0.330 e. The summed E-state index contributed by atoms with van der Waals surface area (Å²) in [5, 5.41) is 44.7. The fraction of sp³-hybridized carbons (Fsp3) is 0.862. The summed E-state index contributed by atoms with van der Waals surface area (Å²) in [5.41, 5.74) is -4.13. The summed E-state index contributed by atoms with van der Waals surface area (Å²) < 4.78 is 17.4. The first-order valence-corrected chi connectivity index (χ1v) is 14.4. The van der Waals surface area contributed by atoms with Crippen molar-refractivity contribution in [2.24, 2.45) is 28.1 Å². The topological polar surface area (TPSA) is 143 Å². The fourth-order valence-electron chi connectivity index (χ4n) is 9.77. The van der Waals surface area contributed by atoms with Crippen LogP contribution in [0.5, 0.6) is 0 Å². The van der Waals surface area contributed by atoms with Gasteiger partial charge in [0.2, 0.25) is 0 Å². The van der Waals surface area contributed by atoms with Crippen molar-refractivity contribution < 1.29 is 44.2 Å². The molecule has 0 bridgehead atoms. The molecule has 38 heavy (non-hydrogen) atoms. The highest BCUT2D eigenvalue weighted by Crippen LogP contribution is 2.73. The van der Waals surface area contributed by atoms with Crippen LogP contribution >= 0.6 is 0 Å². The van der Waals surface area contributed by atoms with Gasteiger partial charge in [-0.1, -0.05) is 13.0 Å². The number of hydrogen-bond acceptors (Lipinski definition) is 9. The number of carbonyl (C=O) groups excluding carboxylic acids is 2. The van der Waals surface area contributed by atoms with E-state index in [1.165, 1.54) is 6.08 Å². The predicted octanol–water partition coefficient (Wildman–Crippen LogP) is 1.78. The average molecular weight is 535 g/mol. The van der Waals surface area contributed by atoms with Crippen LogP contribution in [0.4, 0.5) is 0 Å². The molecular formula is C29H42O9. The van der Waals surface area contributed by atoms with Gasteiger partial charge in [-0.3, -0.25) is 0 Å². The zero-order chi connectivity index (χ0) is 27.1. The van der Waals surface area contributed by atoms with Crippen molar-refractivity contribution in [3.05, 3.63) is 12.2 Å². The molecule has 212 valence electrons. The lowest BCUT2D eigenvalue weighted by atomic mass is 9.40. The summed E-state index contributed by atoms with van der Waals surface area (Å²) in [4.78, 5) is 24.7. The molecule has 0 aromatic carbocycles. The van der Waals surface area contributed by atoms with Crippen LogP contribution in [0, 0.1) is 28.1 Å². The van der Waals surface area contributed by atoms with E-state index in [0.29, 0.717) is 51.4 Å². The molecule has 0 aromatic rings. The van der Waals surface area contributed by atoms with Crippen molar-refractivity contribution in [3.63, 3.8) is 0 Å². The smallest absolute Gasteiger partial charge is 0.330 e. The Balaban J connectivity index is 1.23. The van der Waals surface area contributed by atoms with Crippen molar-refractivity contribution in [2.75, 3.05) is 6.61 Å². The van der Waals surface area contributed by atoms with Gasteiger partial charge in [-0.15, -0.1) is 0 Å². The summed E-state index contributed by atoms with van der Waals surface area (Å²) in [5.74, 6) is -0.622. The second-order valence-corrected chi connectivity index (χ2v) is 13.4. The fourth-order valence-corrected chi connectivity index (χ4v) is 9.77. The zero-order valence-corrected chi connectivity index (χ0v) is 22.4. The number of aliphatic hydroxyl groups excluding tert-OH is 2. The maximum atomic E-state index is 13.0. The molecule has 6 aliphatic rings. The summed E-state index contributed by atoms with van der Waals surface area (Å²) in [6, 6.07) is 0. The minimum Gasteiger partial charge on any atom is -0.462 e. The first kappa shape index (κ1) is 26.8. The van der Waals surface area contributed by atoms with Gasteiger partial charge in [0, 0.05) is 29.7 Å². The van der Waals surface area contributed by atoms with Crippen LogP contribution in [0.2, 0.25) is 0 Å². The van der Waals surface area contributed by atoms with Gasteiger partial charge < -0.3 is 39.4 Å². The zero-order valence-electron chi connectivity index (χ0n) is 22.4. The lowest BCUT2D eigenvalue weighted by Gasteiger charge is -2.66. The molecule has 12 unspecified atom stereocenters. The summed E-state index contributed by atoms with van der Waals surface area (Å²) in [7, 11) is 0. The molecule has 4 aliphatic carbocycles. The van der Waals surface area contributed by atoms with E-state index in [2.05, 4.69) is 6.92 Å². The summed E-state index contributed by atoms with van der Waals surface area (Å²) in [6.07, 6.45) is 6.13. The first-order valence-electron chi connectivity index (χ1n) is 14.4. The number of aliphatic hydroxyl groups is 4. The van der Waals surface area contributed by atoms with Crippen LogP contribution in [0.3, 0.4) is 0 Å². The molecule has 4 saturated carbocycles. The standard InChI is InChI=1S/C29H42O9/c1-17-24(33)21(31)13-23(37-17)38-18-3-9-27(15-30)19-4-7-25(2)26(8-6-22(32)36-16-26)11-12-29(25,35)20(19)5-10-28(27,34)14-18/h6,8,15,17-21,23-24,31,33-35H,3-5,7,9-14,16H2,1-2H3. The number of cyclic esters (lactones) is 1. The Morgan fingerprint density at radius 2 is 1.82 bits per heavy atom. The Morgan fingerprint density at radius 1 is 1.05 bits per heavy atom. The molecule has 0 amide bonds. The quantitative estimate of drug-likeness (QED) is 0.242. The third-order valence-corrected chi connectivity index (χ3v) is 12.1. The normalized spacial score (nSPS) is 56.1.